The fourth-order valence-electron chi connectivity index (χ4n) is 2.86. The number of hydrogen-bond acceptors (Lipinski definition) is 6. The van der Waals surface area contributed by atoms with Crippen LogP contribution in [0.3, 0.4) is 0 Å². The monoisotopic (exact) mass is 481 g/mol. The molecule has 0 bridgehead atoms. The molecule has 0 saturated heterocycles. The van der Waals surface area contributed by atoms with Crippen molar-refractivity contribution >= 4 is 38.7 Å². The van der Waals surface area contributed by atoms with E-state index in [1.807, 2.05) is 0 Å². The molecule has 2 amide bonds. The van der Waals surface area contributed by atoms with Crippen LogP contribution in [0.2, 0.25) is 0 Å². The number of hydrogen-bond donors (Lipinski definition) is 2. The summed E-state index contributed by atoms with van der Waals surface area (Å²) in [5.74, 6) is -0.618. The van der Waals surface area contributed by atoms with Gasteiger partial charge in [0.15, 0.2) is 0 Å². The van der Waals surface area contributed by atoms with E-state index in [9.17, 15) is 28.1 Å². The molecule has 0 aliphatic heterocycles. The number of benzene rings is 3. The van der Waals surface area contributed by atoms with E-state index >= 15 is 0 Å². The van der Waals surface area contributed by atoms with Crippen LogP contribution in [0.25, 0.3) is 0 Å². The number of nitrogens with one attached hydrogen (secondary N) is 2. The third-order valence-corrected chi connectivity index (χ3v) is 6.63. The molecule has 0 fully saturated rings. The fourth-order valence-corrected chi connectivity index (χ4v) is 4.12. The topological polar surface area (TPSA) is 135 Å². The minimum Gasteiger partial charge on any atom is -0.326 e. The van der Waals surface area contributed by atoms with E-state index in [0.29, 0.717) is 16.9 Å². The summed E-state index contributed by atoms with van der Waals surface area (Å²) in [5, 5.41) is 16.2. The standard InChI is InChI=1S/C24H23N3O6S/c1-24(2,3)23(29)26-18-6-4-5-16(15-18)22(28)25-17-7-11-20(12-8-17)34(32,33)21-13-9-19(10-14-21)27(30)31/h4-15H,1-3H3,(H,25,28)(H,26,29). The molecule has 0 aliphatic rings. The minimum atomic E-state index is -3.88. The van der Waals surface area contributed by atoms with Gasteiger partial charge >= 0.3 is 0 Å². The third kappa shape index (κ3) is 5.65. The van der Waals surface area contributed by atoms with Gasteiger partial charge in [-0.1, -0.05) is 26.8 Å². The zero-order valence-corrected chi connectivity index (χ0v) is 19.5. The number of nitrogens with zero attached hydrogens (tertiary/aromatic N) is 1. The van der Waals surface area contributed by atoms with Gasteiger partial charge < -0.3 is 10.6 Å². The molecule has 0 unspecified atom stereocenters. The number of nitro groups is 1. The van der Waals surface area contributed by atoms with Crippen molar-refractivity contribution < 1.29 is 22.9 Å². The second-order valence-corrected chi connectivity index (χ2v) is 10.5. The molecule has 0 aromatic heterocycles. The summed E-state index contributed by atoms with van der Waals surface area (Å²) in [6.07, 6.45) is 0. The first kappa shape index (κ1) is 24.6. The van der Waals surface area contributed by atoms with E-state index in [1.54, 1.807) is 45.0 Å². The number of nitro benzene ring substituents is 1. The summed E-state index contributed by atoms with van der Waals surface area (Å²) < 4.78 is 25.5. The zero-order chi connectivity index (χ0) is 25.1. The highest BCUT2D eigenvalue weighted by atomic mass is 32.2. The van der Waals surface area contributed by atoms with E-state index in [-0.39, 0.29) is 21.4 Å². The quantitative estimate of drug-likeness (QED) is 0.388. The molecule has 2 N–H and O–H groups in total. The number of carbonyl (C=O) groups excluding carboxylic acids is 2. The Kier molecular flexibility index (Phi) is 6.83. The lowest BCUT2D eigenvalue weighted by Crippen LogP contribution is -2.27. The Morgan fingerprint density at radius 1 is 0.824 bits per heavy atom. The second-order valence-electron chi connectivity index (χ2n) is 8.52. The first-order valence-electron chi connectivity index (χ1n) is 10.2. The number of sulfone groups is 1. The molecule has 9 nitrogen and oxygen atoms in total. The second kappa shape index (κ2) is 9.44. The lowest BCUT2D eigenvalue weighted by Gasteiger charge is -2.18. The van der Waals surface area contributed by atoms with Crippen LogP contribution in [-0.2, 0) is 14.6 Å². The van der Waals surface area contributed by atoms with Gasteiger partial charge in [-0.2, -0.15) is 0 Å². The average Bonchev–Trinajstić information content (AvgIpc) is 2.79. The molecule has 0 spiro atoms. The largest absolute Gasteiger partial charge is 0.326 e. The maximum Gasteiger partial charge on any atom is 0.269 e. The molecule has 10 heteroatoms. The van der Waals surface area contributed by atoms with Gasteiger partial charge in [0.2, 0.25) is 15.7 Å². The van der Waals surface area contributed by atoms with E-state index in [0.717, 1.165) is 12.1 Å². The van der Waals surface area contributed by atoms with Gasteiger partial charge in [0, 0.05) is 34.5 Å². The maximum absolute atomic E-state index is 12.8. The van der Waals surface area contributed by atoms with Crippen molar-refractivity contribution in [1.29, 1.82) is 0 Å². The van der Waals surface area contributed by atoms with Crippen molar-refractivity contribution in [3.63, 3.8) is 0 Å². The van der Waals surface area contributed by atoms with Gasteiger partial charge in [0.25, 0.3) is 11.6 Å². The van der Waals surface area contributed by atoms with Gasteiger partial charge in [-0.15, -0.1) is 0 Å². The molecule has 0 heterocycles. The first-order chi connectivity index (χ1) is 15.9. The Balaban J connectivity index is 1.73. The highest BCUT2D eigenvalue weighted by Crippen LogP contribution is 2.25. The lowest BCUT2D eigenvalue weighted by atomic mass is 9.95. The predicted molar refractivity (Wildman–Crippen MR) is 127 cm³/mol. The van der Waals surface area contributed by atoms with Crippen LogP contribution in [0, 0.1) is 15.5 Å². The van der Waals surface area contributed by atoms with E-state index < -0.39 is 26.1 Å². The summed E-state index contributed by atoms with van der Waals surface area (Å²) in [6.45, 7) is 5.35. The van der Waals surface area contributed by atoms with Gasteiger partial charge in [-0.3, -0.25) is 19.7 Å². The molecule has 0 aliphatic carbocycles. The number of rotatable bonds is 6. The molecule has 0 atom stereocenters. The van der Waals surface area contributed by atoms with Crippen LogP contribution in [0.15, 0.2) is 82.6 Å². The highest BCUT2D eigenvalue weighted by molar-refractivity contribution is 7.91. The van der Waals surface area contributed by atoms with Crippen LogP contribution in [0.4, 0.5) is 17.1 Å². The number of non-ortho nitro benzene ring substituents is 1. The van der Waals surface area contributed by atoms with Crippen LogP contribution in [0.5, 0.6) is 0 Å². The zero-order valence-electron chi connectivity index (χ0n) is 18.7. The van der Waals surface area contributed by atoms with Gasteiger partial charge in [-0.05, 0) is 54.6 Å². The van der Waals surface area contributed by atoms with E-state index in [2.05, 4.69) is 10.6 Å². The molecular formula is C24H23N3O6S. The normalized spacial score (nSPS) is 11.5. The van der Waals surface area contributed by atoms with Crippen LogP contribution in [-0.4, -0.2) is 25.2 Å². The van der Waals surface area contributed by atoms with E-state index in [4.69, 9.17) is 0 Å². The Labute approximate surface area is 196 Å². The first-order valence-corrected chi connectivity index (χ1v) is 11.7. The Bertz CT molecular complexity index is 1340. The van der Waals surface area contributed by atoms with Gasteiger partial charge in [-0.25, -0.2) is 8.42 Å². The van der Waals surface area contributed by atoms with Crippen molar-refractivity contribution in [2.75, 3.05) is 10.6 Å². The van der Waals surface area contributed by atoms with Crippen molar-refractivity contribution in [2.24, 2.45) is 5.41 Å². The molecule has 0 radical (unpaired) electrons. The number of amides is 2. The van der Waals surface area contributed by atoms with Crippen LogP contribution >= 0.6 is 0 Å². The molecular weight excluding hydrogens is 458 g/mol. The van der Waals surface area contributed by atoms with Crippen molar-refractivity contribution in [3.8, 4) is 0 Å². The average molecular weight is 482 g/mol. The van der Waals surface area contributed by atoms with Gasteiger partial charge in [0.1, 0.15) is 0 Å². The summed E-state index contributed by atoms with van der Waals surface area (Å²) >= 11 is 0. The Hall–Kier alpha value is -4.05. The summed E-state index contributed by atoms with van der Waals surface area (Å²) in [7, 11) is -3.88. The molecule has 34 heavy (non-hydrogen) atoms. The fraction of sp³-hybridized carbons (Fsp3) is 0.167. The molecule has 3 rings (SSSR count). The lowest BCUT2D eigenvalue weighted by molar-refractivity contribution is -0.384. The minimum absolute atomic E-state index is 0.0220. The summed E-state index contributed by atoms with van der Waals surface area (Å²) in [6, 6.07) is 16.6. The SMILES string of the molecule is CC(C)(C)C(=O)Nc1cccc(C(=O)Nc2ccc(S(=O)(=O)c3ccc([N+](=O)[O-])cc3)cc2)c1. The molecule has 3 aromatic rings. The van der Waals surface area contributed by atoms with Crippen LogP contribution < -0.4 is 10.6 Å². The third-order valence-electron chi connectivity index (χ3n) is 4.84. The summed E-state index contributed by atoms with van der Waals surface area (Å²) in [4.78, 5) is 34.9. The maximum atomic E-state index is 12.8. The smallest absolute Gasteiger partial charge is 0.269 e. The van der Waals surface area contributed by atoms with E-state index in [1.165, 1.54) is 36.4 Å². The van der Waals surface area contributed by atoms with Crippen molar-refractivity contribution in [1.82, 2.24) is 0 Å². The Morgan fingerprint density at radius 2 is 1.38 bits per heavy atom. The molecule has 3 aromatic carbocycles. The Morgan fingerprint density at radius 3 is 1.91 bits per heavy atom. The number of anilines is 2. The number of carbonyl (C=O) groups is 2. The molecule has 176 valence electrons. The highest BCUT2D eigenvalue weighted by Gasteiger charge is 2.22. The van der Waals surface area contributed by atoms with Crippen LogP contribution in [0.1, 0.15) is 31.1 Å². The summed E-state index contributed by atoms with van der Waals surface area (Å²) in [5.41, 5.74) is 0.372. The van der Waals surface area contributed by atoms with Crippen molar-refractivity contribution in [2.45, 2.75) is 30.6 Å². The predicted octanol–water partition coefficient (Wildman–Crippen LogP) is 4.66. The van der Waals surface area contributed by atoms with Crippen molar-refractivity contribution in [3.05, 3.63) is 88.5 Å². The van der Waals surface area contributed by atoms with Gasteiger partial charge in [0.05, 0.1) is 14.7 Å². The molecule has 0 saturated carbocycles.